The molecule has 2 unspecified atom stereocenters. The van der Waals surface area contributed by atoms with Crippen molar-refractivity contribution in [2.75, 3.05) is 18.8 Å². The van der Waals surface area contributed by atoms with Gasteiger partial charge in [-0.2, -0.15) is 11.8 Å². The molecule has 9 heteroatoms. The van der Waals surface area contributed by atoms with Crippen LogP contribution in [0.2, 0.25) is 0 Å². The molecule has 29 heavy (non-hydrogen) atoms. The molecule has 4 aliphatic rings. The molecule has 8 nitrogen and oxygen atoms in total. The van der Waals surface area contributed by atoms with Gasteiger partial charge in [0.15, 0.2) is 0 Å². The summed E-state index contributed by atoms with van der Waals surface area (Å²) < 4.78 is 0.352. The van der Waals surface area contributed by atoms with E-state index in [0.717, 1.165) is 35.7 Å². The molecule has 2 atom stereocenters. The number of piperidine rings is 1. The van der Waals surface area contributed by atoms with Gasteiger partial charge >= 0.3 is 0 Å². The summed E-state index contributed by atoms with van der Waals surface area (Å²) in [6, 6.07) is 4.70. The van der Waals surface area contributed by atoms with Gasteiger partial charge in [-0.15, -0.1) is 0 Å². The fourth-order valence-corrected chi connectivity index (χ4v) is 6.13. The van der Waals surface area contributed by atoms with Gasteiger partial charge < -0.3 is 10.6 Å². The first-order valence-corrected chi connectivity index (χ1v) is 10.9. The molecule has 4 heterocycles. The number of nitrogens with zero attached hydrogens (tertiary/aromatic N) is 1. The van der Waals surface area contributed by atoms with E-state index in [4.69, 9.17) is 0 Å². The molecule has 0 bridgehead atoms. The topological polar surface area (TPSA) is 108 Å². The van der Waals surface area contributed by atoms with Crippen molar-refractivity contribution in [3.8, 4) is 0 Å². The van der Waals surface area contributed by atoms with Crippen molar-refractivity contribution in [3.63, 3.8) is 0 Å². The van der Waals surface area contributed by atoms with E-state index < -0.39 is 23.8 Å². The average Bonchev–Trinajstić information content (AvgIpc) is 3.22. The van der Waals surface area contributed by atoms with Crippen LogP contribution in [0.25, 0.3) is 0 Å². The third kappa shape index (κ3) is 3.08. The average molecular weight is 414 g/mol. The molecular weight excluding hydrogens is 392 g/mol. The van der Waals surface area contributed by atoms with Crippen molar-refractivity contribution in [2.45, 2.75) is 42.6 Å². The normalized spacial score (nSPS) is 27.9. The van der Waals surface area contributed by atoms with Crippen LogP contribution < -0.4 is 16.0 Å². The highest BCUT2D eigenvalue weighted by Crippen LogP contribution is 2.41. The summed E-state index contributed by atoms with van der Waals surface area (Å²) in [5.74, 6) is -0.833. The zero-order valence-corrected chi connectivity index (χ0v) is 16.6. The van der Waals surface area contributed by atoms with Crippen LogP contribution in [0.3, 0.4) is 0 Å². The number of imide groups is 2. The second kappa shape index (κ2) is 6.93. The molecular formula is C20H22N4O4S. The maximum Gasteiger partial charge on any atom is 0.262 e. The molecule has 1 aromatic rings. The summed E-state index contributed by atoms with van der Waals surface area (Å²) in [5, 5.41) is 9.10. The van der Waals surface area contributed by atoms with E-state index in [1.807, 2.05) is 17.8 Å². The van der Waals surface area contributed by atoms with E-state index in [1.165, 1.54) is 0 Å². The minimum atomic E-state index is -0.932. The van der Waals surface area contributed by atoms with Crippen molar-refractivity contribution in [1.29, 1.82) is 0 Å². The van der Waals surface area contributed by atoms with Gasteiger partial charge in [-0.05, 0) is 24.5 Å². The predicted molar refractivity (Wildman–Crippen MR) is 106 cm³/mol. The van der Waals surface area contributed by atoms with Crippen LogP contribution in [0.4, 0.5) is 0 Å². The highest BCUT2D eigenvalue weighted by molar-refractivity contribution is 8.01. The monoisotopic (exact) mass is 414 g/mol. The minimum Gasteiger partial charge on any atom is -0.314 e. The van der Waals surface area contributed by atoms with Crippen molar-refractivity contribution < 1.29 is 19.2 Å². The maximum absolute atomic E-state index is 13.1. The molecule has 3 saturated heterocycles. The zero-order valence-electron chi connectivity index (χ0n) is 15.8. The summed E-state index contributed by atoms with van der Waals surface area (Å²) in [6.07, 6.45) is 1.38. The van der Waals surface area contributed by atoms with Gasteiger partial charge in [0.25, 0.3) is 11.8 Å². The van der Waals surface area contributed by atoms with E-state index in [-0.39, 0.29) is 18.7 Å². The number of carbonyl (C=O) groups excluding carboxylic acids is 4. The van der Waals surface area contributed by atoms with Crippen LogP contribution in [0.1, 0.15) is 45.5 Å². The molecule has 4 aliphatic heterocycles. The van der Waals surface area contributed by atoms with Crippen LogP contribution >= 0.6 is 11.8 Å². The van der Waals surface area contributed by atoms with Crippen molar-refractivity contribution >= 4 is 35.4 Å². The lowest BCUT2D eigenvalue weighted by Gasteiger charge is -2.38. The maximum atomic E-state index is 13.1. The lowest BCUT2D eigenvalue weighted by Crippen LogP contribution is -2.56. The second-order valence-corrected chi connectivity index (χ2v) is 9.65. The molecule has 5 rings (SSSR count). The smallest absolute Gasteiger partial charge is 0.262 e. The number of nitrogens with one attached hydrogen (secondary N) is 3. The third-order valence-electron chi connectivity index (χ3n) is 6.24. The molecule has 1 spiro atoms. The number of rotatable bonds is 4. The van der Waals surface area contributed by atoms with Gasteiger partial charge in [-0.1, -0.05) is 12.1 Å². The number of hydrogen-bond acceptors (Lipinski definition) is 7. The molecule has 3 fully saturated rings. The molecule has 0 radical (unpaired) electrons. The number of carbonyl (C=O) groups is 4. The van der Waals surface area contributed by atoms with Gasteiger partial charge in [0.1, 0.15) is 6.04 Å². The summed E-state index contributed by atoms with van der Waals surface area (Å²) in [6.45, 7) is 2.59. The number of fused-ring (bicyclic) bond motifs is 1. The first-order chi connectivity index (χ1) is 14.0. The standard InChI is InChI=1S/C20H22N4O4S/c25-15-5-4-14(17(26)23-15)24-18(27)13-3-1-2-11(16(13)19(24)28)7-22-12-6-20(29-8-12)9-21-10-20/h1-3,12,14,21-22H,4-10H2,(H,23,25,26). The Bertz CT molecular complexity index is 929. The Hall–Kier alpha value is -2.23. The van der Waals surface area contributed by atoms with Crippen molar-refractivity contribution in [1.82, 2.24) is 20.9 Å². The Kier molecular flexibility index (Phi) is 4.49. The Balaban J connectivity index is 1.33. The van der Waals surface area contributed by atoms with E-state index in [9.17, 15) is 19.2 Å². The summed E-state index contributed by atoms with van der Waals surface area (Å²) in [5.41, 5.74) is 1.48. The molecule has 0 aromatic heterocycles. The van der Waals surface area contributed by atoms with Gasteiger partial charge in [-0.3, -0.25) is 29.4 Å². The predicted octanol–water partition coefficient (Wildman–Crippen LogP) is 0.0249. The molecule has 4 amide bonds. The van der Waals surface area contributed by atoms with Crippen molar-refractivity contribution in [2.24, 2.45) is 0 Å². The van der Waals surface area contributed by atoms with Crippen LogP contribution in [0, 0.1) is 0 Å². The van der Waals surface area contributed by atoms with Gasteiger partial charge in [0.05, 0.1) is 11.1 Å². The largest absolute Gasteiger partial charge is 0.314 e. The first-order valence-electron chi connectivity index (χ1n) is 9.89. The SMILES string of the molecule is O=C1CCC(N2C(=O)c3cccc(CNC4CSC5(CNC5)C4)c3C2=O)C(=O)N1. The van der Waals surface area contributed by atoms with Crippen LogP contribution in [0.15, 0.2) is 18.2 Å². The van der Waals surface area contributed by atoms with Crippen molar-refractivity contribution in [3.05, 3.63) is 34.9 Å². The highest BCUT2D eigenvalue weighted by Gasteiger charge is 2.46. The molecule has 1 aromatic carbocycles. The Morgan fingerprint density at radius 1 is 1.17 bits per heavy atom. The fourth-order valence-electron chi connectivity index (χ4n) is 4.61. The Morgan fingerprint density at radius 2 is 2.00 bits per heavy atom. The molecule has 0 saturated carbocycles. The number of amides is 4. The third-order valence-corrected chi connectivity index (χ3v) is 7.88. The van der Waals surface area contributed by atoms with Crippen LogP contribution in [0.5, 0.6) is 0 Å². The number of hydrogen-bond donors (Lipinski definition) is 3. The van der Waals surface area contributed by atoms with E-state index in [2.05, 4.69) is 16.0 Å². The van der Waals surface area contributed by atoms with Gasteiger partial charge in [0, 0.05) is 42.6 Å². The lowest BCUT2D eigenvalue weighted by molar-refractivity contribution is -0.136. The van der Waals surface area contributed by atoms with E-state index >= 15 is 0 Å². The zero-order chi connectivity index (χ0) is 20.2. The summed E-state index contributed by atoms with van der Waals surface area (Å²) in [7, 11) is 0. The van der Waals surface area contributed by atoms with Crippen LogP contribution in [-0.4, -0.2) is 64.2 Å². The summed E-state index contributed by atoms with van der Waals surface area (Å²) in [4.78, 5) is 50.7. The van der Waals surface area contributed by atoms with Gasteiger partial charge in [-0.25, -0.2) is 0 Å². The quantitative estimate of drug-likeness (QED) is 0.597. The molecule has 3 N–H and O–H groups in total. The van der Waals surface area contributed by atoms with E-state index in [0.29, 0.717) is 28.5 Å². The van der Waals surface area contributed by atoms with E-state index in [1.54, 1.807) is 12.1 Å². The Labute approximate surface area is 172 Å². The minimum absolute atomic E-state index is 0.119. The Morgan fingerprint density at radius 3 is 2.69 bits per heavy atom. The van der Waals surface area contributed by atoms with Crippen LogP contribution in [-0.2, 0) is 16.1 Å². The second-order valence-electron chi connectivity index (χ2n) is 8.17. The lowest BCUT2D eigenvalue weighted by atomic mass is 9.94. The number of thioether (sulfide) groups is 1. The number of benzene rings is 1. The molecule has 0 aliphatic carbocycles. The fraction of sp³-hybridized carbons (Fsp3) is 0.500. The molecule has 152 valence electrons. The first kappa shape index (κ1) is 18.8. The van der Waals surface area contributed by atoms with Gasteiger partial charge in [0.2, 0.25) is 11.8 Å². The summed E-state index contributed by atoms with van der Waals surface area (Å²) >= 11 is 1.99. The highest BCUT2D eigenvalue weighted by atomic mass is 32.2.